The maximum absolute atomic E-state index is 8.77. The molecule has 232 valence electrons. The number of phosphoric acid groups is 1. The van der Waals surface area contributed by atoms with Crippen molar-refractivity contribution in [1.82, 2.24) is 0 Å². The van der Waals surface area contributed by atoms with Crippen LogP contribution in [0.5, 0.6) is 0 Å². The van der Waals surface area contributed by atoms with Gasteiger partial charge in [-0.15, -0.1) is 0 Å². The van der Waals surface area contributed by atoms with Gasteiger partial charge in [-0.3, -0.25) is 4.57 Å². The molecule has 0 aromatic rings. The van der Waals surface area contributed by atoms with Crippen LogP contribution in [0.4, 0.5) is 0 Å². The van der Waals surface area contributed by atoms with Crippen molar-refractivity contribution in [2.45, 2.75) is 135 Å². The molecule has 38 heavy (non-hydrogen) atoms. The van der Waals surface area contributed by atoms with E-state index in [4.69, 9.17) is 32.5 Å². The first kappa shape index (κ1) is 40.3. The third kappa shape index (κ3) is 26.4. The van der Waals surface area contributed by atoms with Crippen molar-refractivity contribution in [2.75, 3.05) is 48.5 Å². The average Bonchev–Trinajstić information content (AvgIpc) is 2.83. The normalized spacial score (nSPS) is 13.3. The van der Waals surface area contributed by atoms with E-state index in [0.29, 0.717) is 5.54 Å². The predicted molar refractivity (Wildman–Crippen MR) is 159 cm³/mol. The van der Waals surface area contributed by atoms with Crippen molar-refractivity contribution in [1.29, 1.82) is 0 Å². The highest BCUT2D eigenvalue weighted by Crippen LogP contribution is 2.26. The Morgan fingerprint density at radius 3 is 1.21 bits per heavy atom. The number of quaternary nitrogens is 1. The number of hydrogen-bond acceptors (Lipinski definition) is 5. The molecule has 0 aliphatic rings. The first-order valence-electron chi connectivity index (χ1n) is 15.1. The van der Waals surface area contributed by atoms with Crippen LogP contribution in [0.2, 0.25) is 5.54 Å². The van der Waals surface area contributed by atoms with E-state index in [1.165, 1.54) is 122 Å². The van der Waals surface area contributed by atoms with E-state index in [-0.39, 0.29) is 0 Å². The first-order valence-corrected chi connectivity index (χ1v) is 18.4. The third-order valence-corrected chi connectivity index (χ3v) is 10.4. The monoisotopic (exact) mass is 585 g/mol. The van der Waals surface area contributed by atoms with Crippen LogP contribution < -0.4 is 4.89 Å². The summed E-state index contributed by atoms with van der Waals surface area (Å²) in [5, 5.41) is 0. The Morgan fingerprint density at radius 2 is 0.947 bits per heavy atom. The molecule has 2 N–H and O–H groups in total. The molecule has 0 saturated heterocycles. The third-order valence-electron chi connectivity index (χ3n) is 7.34. The molecule has 0 bridgehead atoms. The minimum Gasteiger partial charge on any atom is -0.756 e. The Kier molecular flexibility index (Phi) is 26.4. The lowest BCUT2D eigenvalue weighted by molar-refractivity contribution is -0.890. The number of rotatable bonds is 25. The molecule has 0 fully saturated rings. The summed E-state index contributed by atoms with van der Waals surface area (Å²) in [6.45, 7) is 6.74. The lowest BCUT2D eigenvalue weighted by Crippen LogP contribution is -2.53. The van der Waals surface area contributed by atoms with Crippen molar-refractivity contribution >= 4 is 16.6 Å². The predicted octanol–water partition coefficient (Wildman–Crippen LogP) is 6.81. The smallest absolute Gasteiger partial charge is 0.508 e. The SMILES string of the molecule is CCCCCCCCCCCCCCCCCCCC[N+](C)(C)CC(C)[Si](OC)(OC)OC.O=P([O-])(O)O. The molecule has 10 heteroatoms. The fraction of sp³-hybridized carbons (Fsp3) is 1.00. The van der Waals surface area contributed by atoms with Crippen molar-refractivity contribution in [3.8, 4) is 0 Å². The van der Waals surface area contributed by atoms with E-state index in [1.54, 1.807) is 21.3 Å². The number of unbranched alkanes of at least 4 members (excludes halogenated alkanes) is 17. The van der Waals surface area contributed by atoms with E-state index >= 15 is 0 Å². The number of nitrogens with zero attached hydrogens (tertiary/aromatic N) is 1. The number of hydrogen-bond donors (Lipinski definition) is 2. The van der Waals surface area contributed by atoms with Crippen LogP contribution in [0, 0.1) is 0 Å². The maximum atomic E-state index is 8.77. The van der Waals surface area contributed by atoms with Gasteiger partial charge in [-0.1, -0.05) is 117 Å². The lowest BCUT2D eigenvalue weighted by Gasteiger charge is -2.37. The van der Waals surface area contributed by atoms with Crippen LogP contribution >= 0.6 is 7.82 Å². The van der Waals surface area contributed by atoms with Crippen LogP contribution in [0.1, 0.15) is 129 Å². The molecule has 0 aromatic heterocycles. The van der Waals surface area contributed by atoms with Crippen molar-refractivity contribution in [2.24, 2.45) is 0 Å². The molecule has 0 heterocycles. The molecule has 0 spiro atoms. The Morgan fingerprint density at radius 1 is 0.684 bits per heavy atom. The van der Waals surface area contributed by atoms with E-state index in [9.17, 15) is 0 Å². The zero-order valence-electron chi connectivity index (χ0n) is 26.0. The topological polar surface area (TPSA) is 108 Å². The van der Waals surface area contributed by atoms with Gasteiger partial charge in [-0.25, -0.2) is 0 Å². The molecule has 0 radical (unpaired) electrons. The average molecular weight is 586 g/mol. The Bertz CT molecular complexity index is 543. The Hall–Kier alpha value is 0.167. The summed E-state index contributed by atoms with van der Waals surface area (Å²) in [5.41, 5.74) is 0.294. The van der Waals surface area contributed by atoms with Gasteiger partial charge < -0.3 is 32.4 Å². The Labute approximate surface area is 237 Å². The molecule has 1 atom stereocenters. The first-order chi connectivity index (χ1) is 17.9. The van der Waals surface area contributed by atoms with Gasteiger partial charge >= 0.3 is 8.80 Å². The fourth-order valence-corrected chi connectivity index (χ4v) is 7.66. The molecule has 0 aliphatic carbocycles. The fourth-order valence-electron chi connectivity index (χ4n) is 5.24. The lowest BCUT2D eigenvalue weighted by atomic mass is 10.0. The molecule has 0 rings (SSSR count). The highest BCUT2D eigenvalue weighted by atomic mass is 31.2. The summed E-state index contributed by atoms with van der Waals surface area (Å²) in [4.78, 5) is 22.9. The van der Waals surface area contributed by atoms with Gasteiger partial charge in [0.05, 0.1) is 32.7 Å². The zero-order valence-corrected chi connectivity index (χ0v) is 27.9. The minimum absolute atomic E-state index is 0.294. The van der Waals surface area contributed by atoms with E-state index in [2.05, 4.69) is 27.9 Å². The van der Waals surface area contributed by atoms with Gasteiger partial charge in [-0.05, 0) is 12.8 Å². The second kappa shape index (κ2) is 24.9. The molecule has 0 aliphatic heterocycles. The second-order valence-corrected chi connectivity index (χ2v) is 15.9. The summed E-state index contributed by atoms with van der Waals surface area (Å²) < 4.78 is 26.8. The Balaban J connectivity index is 0. The van der Waals surface area contributed by atoms with Gasteiger partial charge in [0.15, 0.2) is 0 Å². The van der Waals surface area contributed by atoms with Gasteiger partial charge in [0.25, 0.3) is 7.82 Å². The van der Waals surface area contributed by atoms with Gasteiger partial charge in [-0.2, -0.15) is 0 Å². The van der Waals surface area contributed by atoms with Crippen LogP contribution in [0.25, 0.3) is 0 Å². The zero-order chi connectivity index (χ0) is 29.3. The molecular weight excluding hydrogens is 521 g/mol. The van der Waals surface area contributed by atoms with E-state index in [0.717, 1.165) is 11.0 Å². The molecule has 1 unspecified atom stereocenters. The van der Waals surface area contributed by atoms with Gasteiger partial charge in [0, 0.05) is 21.3 Å². The molecule has 0 saturated carbocycles. The summed E-state index contributed by atoms with van der Waals surface area (Å²) in [6, 6.07) is 0. The highest BCUT2D eigenvalue weighted by Gasteiger charge is 2.47. The minimum atomic E-state index is -4.89. The molecular formula is C28H64NO7PSi. The molecule has 8 nitrogen and oxygen atoms in total. The van der Waals surface area contributed by atoms with Crippen LogP contribution in [-0.4, -0.2) is 71.6 Å². The van der Waals surface area contributed by atoms with Crippen molar-refractivity contribution < 1.29 is 37.0 Å². The van der Waals surface area contributed by atoms with Gasteiger partial charge in [0.2, 0.25) is 0 Å². The van der Waals surface area contributed by atoms with Crippen LogP contribution in [-0.2, 0) is 17.8 Å². The summed E-state index contributed by atoms with van der Waals surface area (Å²) >= 11 is 0. The summed E-state index contributed by atoms with van der Waals surface area (Å²) in [6.07, 6.45) is 25.7. The maximum Gasteiger partial charge on any atom is 0.508 e. The van der Waals surface area contributed by atoms with Crippen LogP contribution in [0.3, 0.4) is 0 Å². The van der Waals surface area contributed by atoms with E-state index < -0.39 is 16.6 Å². The second-order valence-electron chi connectivity index (χ2n) is 11.5. The summed E-state index contributed by atoms with van der Waals surface area (Å²) in [5.74, 6) is 0. The van der Waals surface area contributed by atoms with Crippen LogP contribution in [0.15, 0.2) is 0 Å². The summed E-state index contributed by atoms with van der Waals surface area (Å²) in [7, 11) is 2.36. The molecule has 0 aromatic carbocycles. The van der Waals surface area contributed by atoms with Gasteiger partial charge in [0.1, 0.15) is 0 Å². The standard InChI is InChI=1S/C28H62NO3Si.H3O4P/c1-8-9-10-11-12-13-14-15-16-17-18-19-20-21-22-23-24-25-26-29(3,4)27-28(2)33(30-5,31-6)32-7;1-5(2,3)4/h28H,8-27H2,1-7H3;(H3,1,2,3,4)/q+1;/p-1. The molecule has 0 amide bonds. The quantitative estimate of drug-likeness (QED) is 0.0524. The highest BCUT2D eigenvalue weighted by molar-refractivity contribution is 7.43. The van der Waals surface area contributed by atoms with E-state index in [1.807, 2.05) is 0 Å². The van der Waals surface area contributed by atoms with Crippen molar-refractivity contribution in [3.05, 3.63) is 0 Å². The van der Waals surface area contributed by atoms with Crippen molar-refractivity contribution in [3.63, 3.8) is 0 Å². The largest absolute Gasteiger partial charge is 0.756 e.